The maximum Gasteiger partial charge on any atom is 0.303 e. The van der Waals surface area contributed by atoms with Crippen LogP contribution in [0.5, 0.6) is 5.75 Å². The van der Waals surface area contributed by atoms with E-state index < -0.39 is 5.97 Å². The smallest absolute Gasteiger partial charge is 0.303 e. The van der Waals surface area contributed by atoms with E-state index in [0.29, 0.717) is 25.1 Å². The van der Waals surface area contributed by atoms with Crippen LogP contribution in [0.15, 0.2) is 42.6 Å². The molecule has 2 aromatic rings. The van der Waals surface area contributed by atoms with Crippen LogP contribution >= 0.6 is 0 Å². The lowest BCUT2D eigenvalue weighted by atomic mass is 10.1. The fourth-order valence-corrected chi connectivity index (χ4v) is 2.47. The molecule has 2 heterocycles. The summed E-state index contributed by atoms with van der Waals surface area (Å²) >= 11 is 0. The highest BCUT2D eigenvalue weighted by atomic mass is 16.5. The second-order valence-corrected chi connectivity index (χ2v) is 5.86. The minimum Gasteiger partial charge on any atom is -0.490 e. The topological polar surface area (TPSA) is 115 Å². The molecule has 3 rings (SSSR count). The quantitative estimate of drug-likeness (QED) is 0.758. The number of nitrogens with one attached hydrogen (secondary N) is 1. The second kappa shape index (κ2) is 9.41. The molecule has 1 atom stereocenters. The molecule has 7 nitrogen and oxygen atoms in total. The van der Waals surface area contributed by atoms with Crippen LogP contribution in [0.3, 0.4) is 0 Å². The molecule has 0 spiro atoms. The molecular weight excluding hydrogens is 334 g/mol. The highest BCUT2D eigenvalue weighted by molar-refractivity contribution is 5.90. The average molecular weight is 357 g/mol. The Morgan fingerprint density at radius 3 is 2.73 bits per heavy atom. The molecule has 1 aliphatic heterocycles. The summed E-state index contributed by atoms with van der Waals surface area (Å²) in [5, 5.41) is 11.5. The molecule has 1 aliphatic rings. The lowest BCUT2D eigenvalue weighted by Gasteiger charge is -2.08. The third kappa shape index (κ3) is 6.08. The van der Waals surface area contributed by atoms with Crippen LogP contribution in [-0.4, -0.2) is 28.1 Å². The molecule has 0 bridgehead atoms. The van der Waals surface area contributed by atoms with E-state index in [2.05, 4.69) is 10.3 Å². The highest BCUT2D eigenvalue weighted by Gasteiger charge is 2.23. The number of fused-ring (bicyclic) bond motifs is 1. The van der Waals surface area contributed by atoms with Gasteiger partial charge in [0.05, 0.1) is 0 Å². The van der Waals surface area contributed by atoms with Gasteiger partial charge in [0.25, 0.3) is 0 Å². The second-order valence-electron chi connectivity index (χ2n) is 5.86. The Morgan fingerprint density at radius 2 is 2.15 bits per heavy atom. The van der Waals surface area contributed by atoms with Gasteiger partial charge in [0.1, 0.15) is 17.7 Å². The minimum atomic E-state index is -0.810. The first kappa shape index (κ1) is 19.2. The average Bonchev–Trinajstić information content (AvgIpc) is 3.03. The number of nitrogens with zero attached hydrogens (tertiary/aromatic N) is 1. The molecule has 1 aromatic heterocycles. The molecule has 0 aliphatic carbocycles. The van der Waals surface area contributed by atoms with Crippen molar-refractivity contribution in [3.8, 4) is 5.75 Å². The van der Waals surface area contributed by atoms with Crippen molar-refractivity contribution in [2.75, 3.05) is 11.1 Å². The number of rotatable bonds is 5. The monoisotopic (exact) mass is 357 g/mol. The number of aliphatic carboxylic acids is 1. The largest absolute Gasteiger partial charge is 0.490 e. The zero-order valence-electron chi connectivity index (χ0n) is 14.6. The number of benzene rings is 1. The number of carbonyl (C=O) groups excluding carboxylic acids is 1. The molecule has 7 heteroatoms. The number of aromatic nitrogens is 1. The Balaban J connectivity index is 0.000000290. The predicted molar refractivity (Wildman–Crippen MR) is 99.0 cm³/mol. The first-order valence-electron chi connectivity index (χ1n) is 8.45. The molecule has 1 amide bonds. The summed E-state index contributed by atoms with van der Waals surface area (Å²) in [5.74, 6) is 0.518. The summed E-state index contributed by atoms with van der Waals surface area (Å²) in [6.45, 7) is 1.80. The maximum atomic E-state index is 11.3. The molecule has 0 saturated heterocycles. The van der Waals surface area contributed by atoms with Crippen LogP contribution < -0.4 is 15.8 Å². The van der Waals surface area contributed by atoms with Crippen LogP contribution in [0.25, 0.3) is 0 Å². The van der Waals surface area contributed by atoms with Crippen molar-refractivity contribution in [2.45, 2.75) is 38.7 Å². The third-order valence-electron chi connectivity index (χ3n) is 3.77. The third-order valence-corrected chi connectivity index (χ3v) is 3.77. The van der Waals surface area contributed by atoms with Gasteiger partial charge in [-0.05, 0) is 42.3 Å². The number of ether oxygens (including phenoxy) is 1. The van der Waals surface area contributed by atoms with Gasteiger partial charge in [-0.15, -0.1) is 0 Å². The van der Waals surface area contributed by atoms with Gasteiger partial charge in [-0.3, -0.25) is 9.59 Å². The Morgan fingerprint density at radius 1 is 1.35 bits per heavy atom. The Labute approximate surface area is 152 Å². The van der Waals surface area contributed by atoms with E-state index in [9.17, 15) is 9.59 Å². The number of nitrogen functional groups attached to an aromatic ring is 1. The minimum absolute atomic E-state index is 0.0266. The van der Waals surface area contributed by atoms with Gasteiger partial charge >= 0.3 is 5.97 Å². The molecule has 0 fully saturated rings. The fourth-order valence-electron chi connectivity index (χ4n) is 2.47. The predicted octanol–water partition coefficient (Wildman–Crippen LogP) is 2.87. The molecule has 26 heavy (non-hydrogen) atoms. The van der Waals surface area contributed by atoms with E-state index >= 15 is 0 Å². The summed E-state index contributed by atoms with van der Waals surface area (Å²) < 4.78 is 5.67. The van der Waals surface area contributed by atoms with E-state index in [0.717, 1.165) is 17.0 Å². The summed E-state index contributed by atoms with van der Waals surface area (Å²) in [6, 6.07) is 10.9. The van der Waals surface area contributed by atoms with Crippen molar-refractivity contribution < 1.29 is 19.4 Å². The van der Waals surface area contributed by atoms with E-state index in [4.69, 9.17) is 15.6 Å². The number of hydrogen-bond acceptors (Lipinski definition) is 5. The van der Waals surface area contributed by atoms with Crippen molar-refractivity contribution in [1.29, 1.82) is 0 Å². The Bertz CT molecular complexity index is 750. The van der Waals surface area contributed by atoms with Gasteiger partial charge in [0, 0.05) is 31.1 Å². The normalized spacial score (nSPS) is 14.4. The van der Waals surface area contributed by atoms with Crippen LogP contribution in [-0.2, 0) is 16.0 Å². The Hall–Kier alpha value is -3.09. The van der Waals surface area contributed by atoms with Gasteiger partial charge in [-0.1, -0.05) is 13.0 Å². The van der Waals surface area contributed by atoms with Crippen molar-refractivity contribution in [1.82, 2.24) is 4.98 Å². The first-order valence-corrected chi connectivity index (χ1v) is 8.45. The molecular formula is C19H23N3O4. The lowest BCUT2D eigenvalue weighted by molar-refractivity contribution is -0.137. The first-order chi connectivity index (χ1) is 12.5. The van der Waals surface area contributed by atoms with Crippen molar-refractivity contribution >= 4 is 23.4 Å². The van der Waals surface area contributed by atoms with Crippen molar-refractivity contribution in [2.24, 2.45) is 0 Å². The van der Waals surface area contributed by atoms with Crippen LogP contribution in [0.2, 0.25) is 0 Å². The summed E-state index contributed by atoms with van der Waals surface area (Å²) in [5.41, 5.74) is 7.02. The van der Waals surface area contributed by atoms with Crippen LogP contribution in [0.4, 0.5) is 11.5 Å². The van der Waals surface area contributed by atoms with Gasteiger partial charge in [0.15, 0.2) is 0 Å². The van der Waals surface area contributed by atoms with E-state index in [1.807, 2.05) is 24.3 Å². The summed E-state index contributed by atoms with van der Waals surface area (Å²) in [4.78, 5) is 25.6. The van der Waals surface area contributed by atoms with E-state index in [1.165, 1.54) is 0 Å². The molecule has 0 radical (unpaired) electrons. The summed E-state index contributed by atoms with van der Waals surface area (Å²) in [6.07, 6.45) is 3.32. The molecule has 1 unspecified atom stereocenters. The lowest BCUT2D eigenvalue weighted by Crippen LogP contribution is -2.14. The van der Waals surface area contributed by atoms with Gasteiger partial charge in [-0.2, -0.15) is 0 Å². The standard InChI is InChI=1S/C14H17NO4.C5H6N2/c1-2-13(16)15-10-3-5-12-9(7-10)8-11(19-12)4-6-14(17)18;6-5-3-1-2-4-7-5/h3,5,7,11H,2,4,6,8H2,1H3,(H,15,16)(H,17,18);1-4H,(H2,6,7). The zero-order valence-corrected chi connectivity index (χ0v) is 14.6. The number of carboxylic acid groups (broad SMARTS) is 1. The van der Waals surface area contributed by atoms with Crippen LogP contribution in [0.1, 0.15) is 31.7 Å². The highest BCUT2D eigenvalue weighted by Crippen LogP contribution is 2.32. The number of hydrogen-bond donors (Lipinski definition) is 3. The number of pyridine rings is 1. The molecule has 4 N–H and O–H groups in total. The molecule has 1 aromatic carbocycles. The van der Waals surface area contributed by atoms with E-state index in [-0.39, 0.29) is 18.4 Å². The SMILES string of the molecule is CCC(=O)Nc1ccc2c(c1)CC(CCC(=O)O)O2.Nc1ccccn1. The Kier molecular flexibility index (Phi) is 6.96. The van der Waals surface area contributed by atoms with Gasteiger partial charge < -0.3 is 20.9 Å². The number of carbonyl (C=O) groups is 2. The summed E-state index contributed by atoms with van der Waals surface area (Å²) in [7, 11) is 0. The number of carboxylic acids is 1. The van der Waals surface area contributed by atoms with Crippen molar-refractivity contribution in [3.63, 3.8) is 0 Å². The van der Waals surface area contributed by atoms with Crippen LogP contribution in [0, 0.1) is 0 Å². The number of nitrogens with two attached hydrogens (primary N) is 1. The maximum absolute atomic E-state index is 11.3. The van der Waals surface area contributed by atoms with Gasteiger partial charge in [-0.25, -0.2) is 4.98 Å². The molecule has 138 valence electrons. The molecule has 0 saturated carbocycles. The van der Waals surface area contributed by atoms with Crippen molar-refractivity contribution in [3.05, 3.63) is 48.2 Å². The van der Waals surface area contributed by atoms with Gasteiger partial charge in [0.2, 0.25) is 5.91 Å². The zero-order chi connectivity index (χ0) is 18.9. The number of amides is 1. The number of anilines is 2. The van der Waals surface area contributed by atoms with E-state index in [1.54, 1.807) is 25.3 Å². The fraction of sp³-hybridized carbons (Fsp3) is 0.316.